The number of hydrogen-bond acceptors (Lipinski definition) is 6. The van der Waals surface area contributed by atoms with Crippen molar-refractivity contribution in [2.24, 2.45) is 0 Å². The molecule has 0 aromatic heterocycles. The van der Waals surface area contributed by atoms with E-state index in [1.165, 1.54) is 109 Å². The van der Waals surface area contributed by atoms with Crippen LogP contribution in [-0.2, 0) is 28.6 Å². The molecule has 0 amide bonds. The summed E-state index contributed by atoms with van der Waals surface area (Å²) in [5.74, 6) is -1.10. The fourth-order valence-corrected chi connectivity index (χ4v) is 8.38. The van der Waals surface area contributed by atoms with Gasteiger partial charge in [0, 0.05) is 19.3 Å². The molecular weight excluding hydrogens is 973 g/mol. The maximum Gasteiger partial charge on any atom is 0.306 e. The second-order valence-corrected chi connectivity index (χ2v) is 20.5. The summed E-state index contributed by atoms with van der Waals surface area (Å²) in [6, 6.07) is 0. The molecule has 6 nitrogen and oxygen atoms in total. The minimum Gasteiger partial charge on any atom is -0.462 e. The van der Waals surface area contributed by atoms with E-state index in [4.69, 9.17) is 14.2 Å². The van der Waals surface area contributed by atoms with Crippen LogP contribution in [0.5, 0.6) is 0 Å². The third kappa shape index (κ3) is 63.7. The van der Waals surface area contributed by atoms with Crippen LogP contribution in [0.4, 0.5) is 0 Å². The molecule has 0 aliphatic heterocycles. The zero-order valence-electron chi connectivity index (χ0n) is 50.8. The zero-order chi connectivity index (χ0) is 57.1. The third-order valence-corrected chi connectivity index (χ3v) is 13.0. The van der Waals surface area contributed by atoms with Crippen molar-refractivity contribution in [1.29, 1.82) is 0 Å². The summed E-state index contributed by atoms with van der Waals surface area (Å²) in [4.78, 5) is 38.1. The molecule has 1 unspecified atom stereocenters. The third-order valence-electron chi connectivity index (χ3n) is 13.0. The molecule has 0 saturated carbocycles. The lowest BCUT2D eigenvalue weighted by Gasteiger charge is -2.18. The fraction of sp³-hybridized carbons (Fsp3) is 0.603. The van der Waals surface area contributed by atoms with Crippen molar-refractivity contribution in [3.63, 3.8) is 0 Å². The lowest BCUT2D eigenvalue weighted by molar-refractivity contribution is -0.166. The van der Waals surface area contributed by atoms with Crippen molar-refractivity contribution < 1.29 is 28.6 Å². The first-order valence-electron chi connectivity index (χ1n) is 32.0. The van der Waals surface area contributed by atoms with E-state index in [1.807, 2.05) is 24.3 Å². The normalized spacial score (nSPS) is 13.2. The Morgan fingerprint density at radius 2 is 0.481 bits per heavy atom. The van der Waals surface area contributed by atoms with Crippen LogP contribution in [0.2, 0.25) is 0 Å². The summed E-state index contributed by atoms with van der Waals surface area (Å²) >= 11 is 0. The molecule has 0 spiro atoms. The van der Waals surface area contributed by atoms with E-state index in [2.05, 4.69) is 154 Å². The number of carbonyl (C=O) groups is 3. The summed E-state index contributed by atoms with van der Waals surface area (Å²) in [6.45, 7) is 6.16. The number of allylic oxidation sites excluding steroid dienone is 26. The number of rotatable bonds is 56. The number of hydrogen-bond donors (Lipinski definition) is 0. The van der Waals surface area contributed by atoms with E-state index in [0.717, 1.165) is 103 Å². The molecule has 0 aromatic rings. The Labute approximate surface area is 486 Å². The predicted molar refractivity (Wildman–Crippen MR) is 343 cm³/mol. The van der Waals surface area contributed by atoms with Crippen molar-refractivity contribution in [3.05, 3.63) is 158 Å². The average Bonchev–Trinajstić information content (AvgIpc) is 3.45. The van der Waals surface area contributed by atoms with E-state index >= 15 is 0 Å². The highest BCUT2D eigenvalue weighted by molar-refractivity contribution is 5.71. The van der Waals surface area contributed by atoms with Crippen LogP contribution in [0.15, 0.2) is 158 Å². The van der Waals surface area contributed by atoms with Crippen LogP contribution in [0.3, 0.4) is 0 Å². The molecule has 6 heteroatoms. The molecule has 0 aromatic carbocycles. The Bertz CT molecular complexity index is 1780. The second kappa shape index (κ2) is 65.5. The van der Waals surface area contributed by atoms with Crippen LogP contribution in [0.1, 0.15) is 265 Å². The van der Waals surface area contributed by atoms with E-state index in [9.17, 15) is 14.4 Å². The summed E-state index contributed by atoms with van der Waals surface area (Å²) in [7, 11) is 0. The first-order valence-corrected chi connectivity index (χ1v) is 32.0. The minimum atomic E-state index is -0.849. The molecule has 0 radical (unpaired) electrons. The average molecular weight is 1090 g/mol. The fourth-order valence-electron chi connectivity index (χ4n) is 8.38. The summed E-state index contributed by atoms with van der Waals surface area (Å²) in [6.07, 6.45) is 96.0. The monoisotopic (exact) mass is 1090 g/mol. The van der Waals surface area contributed by atoms with Crippen LogP contribution in [0, 0.1) is 0 Å². The Kier molecular flexibility index (Phi) is 61.4. The van der Waals surface area contributed by atoms with Gasteiger partial charge in [0.05, 0.1) is 0 Å². The first-order chi connectivity index (χ1) is 39.0. The summed E-state index contributed by atoms with van der Waals surface area (Å²) < 4.78 is 16.7. The summed E-state index contributed by atoms with van der Waals surface area (Å²) in [5, 5.41) is 0. The van der Waals surface area contributed by atoms with Crippen LogP contribution in [-0.4, -0.2) is 37.2 Å². The van der Waals surface area contributed by atoms with Crippen LogP contribution >= 0.6 is 0 Å². The predicted octanol–water partition coefficient (Wildman–Crippen LogP) is 22.1. The van der Waals surface area contributed by atoms with E-state index in [-0.39, 0.29) is 38.0 Å². The maximum atomic E-state index is 12.8. The minimum absolute atomic E-state index is 0.132. The largest absolute Gasteiger partial charge is 0.462 e. The van der Waals surface area contributed by atoms with E-state index in [1.54, 1.807) is 0 Å². The first kappa shape index (κ1) is 74.0. The highest BCUT2D eigenvalue weighted by Crippen LogP contribution is 2.16. The van der Waals surface area contributed by atoms with E-state index in [0.29, 0.717) is 19.3 Å². The van der Waals surface area contributed by atoms with Gasteiger partial charge in [-0.15, -0.1) is 0 Å². The Morgan fingerprint density at radius 3 is 0.785 bits per heavy atom. The van der Waals surface area contributed by atoms with Crippen molar-refractivity contribution in [3.8, 4) is 0 Å². The zero-order valence-corrected chi connectivity index (χ0v) is 50.8. The standard InChI is InChI=1S/C73H116O6/c1-4-7-10-13-16-19-22-25-26-27-28-29-30-31-32-33-34-35-36-37-38-39-40-41-42-43-44-45-46-49-51-54-57-60-63-66-72(75)78-69-70(79-73(76)67-64-61-58-55-52-48-24-21-18-15-12-9-6-3)68-77-71(74)65-62-59-56-53-50-47-23-20-17-14-11-8-5-2/h7-12,16-21,25-26,28-29,31-32,47-48,50,52,56,58-59,61,70H,4-6,13-15,22-24,27,30,33-46,49,51,53-55,57,60,62-69H2,1-3H3/b10-7-,11-8-,12-9-,19-16-,20-17-,21-18-,26-25-,29-28-,32-31-,50-47-,52-48-,59-56-,61-58-. The van der Waals surface area contributed by atoms with Crippen LogP contribution < -0.4 is 0 Å². The second-order valence-electron chi connectivity index (χ2n) is 20.5. The van der Waals surface area contributed by atoms with Gasteiger partial charge in [0.25, 0.3) is 0 Å². The molecule has 1 atom stereocenters. The maximum absolute atomic E-state index is 12.8. The van der Waals surface area contributed by atoms with Crippen molar-refractivity contribution in [2.75, 3.05) is 13.2 Å². The smallest absolute Gasteiger partial charge is 0.306 e. The van der Waals surface area contributed by atoms with Gasteiger partial charge in [-0.2, -0.15) is 0 Å². The quantitative estimate of drug-likeness (QED) is 0.0261. The molecule has 0 N–H and O–H groups in total. The molecule has 0 fully saturated rings. The van der Waals surface area contributed by atoms with Crippen LogP contribution in [0.25, 0.3) is 0 Å². The van der Waals surface area contributed by atoms with Gasteiger partial charge >= 0.3 is 17.9 Å². The topological polar surface area (TPSA) is 78.9 Å². The molecule has 0 heterocycles. The van der Waals surface area contributed by atoms with Gasteiger partial charge in [-0.3, -0.25) is 14.4 Å². The highest BCUT2D eigenvalue weighted by atomic mass is 16.6. The van der Waals surface area contributed by atoms with Crippen molar-refractivity contribution in [1.82, 2.24) is 0 Å². The Hall–Kier alpha value is -4.97. The molecule has 0 aliphatic rings. The van der Waals surface area contributed by atoms with Gasteiger partial charge < -0.3 is 14.2 Å². The summed E-state index contributed by atoms with van der Waals surface area (Å²) in [5.41, 5.74) is 0. The molecule has 444 valence electrons. The lowest BCUT2D eigenvalue weighted by atomic mass is 10.0. The highest BCUT2D eigenvalue weighted by Gasteiger charge is 2.19. The number of carbonyl (C=O) groups excluding carboxylic acids is 3. The van der Waals surface area contributed by atoms with Gasteiger partial charge in [-0.25, -0.2) is 0 Å². The van der Waals surface area contributed by atoms with Gasteiger partial charge in [-0.1, -0.05) is 288 Å². The molecule has 0 rings (SSSR count). The number of esters is 3. The van der Waals surface area contributed by atoms with Gasteiger partial charge in [0.1, 0.15) is 13.2 Å². The lowest BCUT2D eigenvalue weighted by Crippen LogP contribution is -2.30. The Balaban J connectivity index is 4.18. The SMILES string of the molecule is CC/C=C\C/C=C\C/C=C\C/C=C\C/C=C\CCCCCCCCCCCCCCCCCCCCCC(=O)OCC(COC(=O)CC/C=C\C/C=C\C/C=C\C/C=C\CC)OC(=O)CC/C=C\C/C=C\C/C=C\C/C=C\CC. The van der Waals surface area contributed by atoms with Gasteiger partial charge in [0.15, 0.2) is 6.10 Å². The number of unbranched alkanes of at least 4 members (excludes halogenated alkanes) is 19. The molecule has 0 saturated heterocycles. The van der Waals surface area contributed by atoms with Gasteiger partial charge in [-0.05, 0) is 116 Å². The Morgan fingerprint density at radius 1 is 0.253 bits per heavy atom. The van der Waals surface area contributed by atoms with Crippen molar-refractivity contribution in [2.45, 2.75) is 271 Å². The molecule has 0 aliphatic carbocycles. The van der Waals surface area contributed by atoms with Gasteiger partial charge in [0.2, 0.25) is 0 Å². The number of ether oxygens (including phenoxy) is 3. The molecule has 0 bridgehead atoms. The van der Waals surface area contributed by atoms with E-state index < -0.39 is 12.1 Å². The molecule has 79 heavy (non-hydrogen) atoms. The van der Waals surface area contributed by atoms with Crippen molar-refractivity contribution >= 4 is 17.9 Å². The molecular formula is C73H116O6.